The molecular weight excluding hydrogens is 207 g/mol. The maximum absolute atomic E-state index is 13.3. The topological polar surface area (TPSA) is 44.1 Å². The molecule has 1 atom stereocenters. The average Bonchev–Trinajstić information content (AvgIpc) is 2.27. The van der Waals surface area contributed by atoms with Gasteiger partial charge in [-0.2, -0.15) is 5.26 Å². The molecule has 0 heterocycles. The normalized spacial score (nSPS) is 11.6. The van der Waals surface area contributed by atoms with Crippen LogP contribution in [0.2, 0.25) is 0 Å². The van der Waals surface area contributed by atoms with E-state index in [0.29, 0.717) is 5.56 Å². The zero-order valence-corrected chi connectivity index (χ0v) is 9.27. The Kier molecular flexibility index (Phi) is 4.01. The molecule has 0 saturated heterocycles. The summed E-state index contributed by atoms with van der Waals surface area (Å²) in [7, 11) is 3.15. The largest absolute Gasteiger partial charge is 0.348 e. The van der Waals surface area contributed by atoms with Gasteiger partial charge in [-0.15, -0.1) is 0 Å². The maximum atomic E-state index is 13.3. The molecule has 0 aromatic heterocycles. The van der Waals surface area contributed by atoms with E-state index < -0.39 is 5.92 Å². The molecule has 0 aliphatic rings. The smallest absolute Gasteiger partial charge is 0.239 e. The number of hydrogen-bond donors (Lipinski definition) is 0. The van der Waals surface area contributed by atoms with Gasteiger partial charge < -0.3 is 4.90 Å². The Hall–Kier alpha value is -1.89. The van der Waals surface area contributed by atoms with E-state index in [-0.39, 0.29) is 18.1 Å². The Morgan fingerprint density at radius 1 is 1.50 bits per heavy atom. The highest BCUT2D eigenvalue weighted by Crippen LogP contribution is 2.13. The number of carbonyl (C=O) groups excluding carboxylic acids is 1. The van der Waals surface area contributed by atoms with Crippen LogP contribution in [0.4, 0.5) is 4.39 Å². The number of carbonyl (C=O) groups is 1. The number of hydrogen-bond acceptors (Lipinski definition) is 2. The Morgan fingerprint density at radius 2 is 2.12 bits per heavy atom. The molecule has 0 fully saturated rings. The van der Waals surface area contributed by atoms with E-state index in [1.807, 2.05) is 6.07 Å². The van der Waals surface area contributed by atoms with Crippen LogP contribution in [0, 0.1) is 23.1 Å². The molecule has 1 amide bonds. The fraction of sp³-hybridized carbons (Fsp3) is 0.333. The molecule has 1 aromatic carbocycles. The summed E-state index contributed by atoms with van der Waals surface area (Å²) in [5.41, 5.74) is 0.393. The summed E-state index contributed by atoms with van der Waals surface area (Å²) in [5.74, 6) is -1.51. The SMILES string of the molecule is CN(C)C(=O)C(C#N)Cc1ccccc1F. The quantitative estimate of drug-likeness (QED) is 0.776. The van der Waals surface area contributed by atoms with Crippen molar-refractivity contribution >= 4 is 5.91 Å². The molecular formula is C12H13FN2O. The van der Waals surface area contributed by atoms with E-state index in [4.69, 9.17) is 5.26 Å². The van der Waals surface area contributed by atoms with Crippen LogP contribution in [0.3, 0.4) is 0 Å². The van der Waals surface area contributed by atoms with Crippen molar-refractivity contribution in [3.8, 4) is 6.07 Å². The molecule has 16 heavy (non-hydrogen) atoms. The fourth-order valence-corrected chi connectivity index (χ4v) is 1.38. The fourth-order valence-electron chi connectivity index (χ4n) is 1.38. The monoisotopic (exact) mass is 220 g/mol. The minimum absolute atomic E-state index is 0.111. The van der Waals surface area contributed by atoms with E-state index in [0.717, 1.165) is 0 Å². The third-order valence-electron chi connectivity index (χ3n) is 2.28. The average molecular weight is 220 g/mol. The van der Waals surface area contributed by atoms with Gasteiger partial charge in [0.2, 0.25) is 5.91 Å². The highest BCUT2D eigenvalue weighted by atomic mass is 19.1. The Balaban J connectivity index is 2.84. The molecule has 0 aliphatic carbocycles. The van der Waals surface area contributed by atoms with Gasteiger partial charge in [0, 0.05) is 20.5 Å². The molecule has 1 rings (SSSR count). The third kappa shape index (κ3) is 2.80. The molecule has 4 heteroatoms. The van der Waals surface area contributed by atoms with Crippen molar-refractivity contribution in [2.24, 2.45) is 5.92 Å². The lowest BCUT2D eigenvalue weighted by Gasteiger charge is -2.14. The highest BCUT2D eigenvalue weighted by molar-refractivity contribution is 5.81. The van der Waals surface area contributed by atoms with Gasteiger partial charge in [-0.3, -0.25) is 4.79 Å². The van der Waals surface area contributed by atoms with Crippen LogP contribution >= 0.6 is 0 Å². The van der Waals surface area contributed by atoms with E-state index in [1.165, 1.54) is 11.0 Å². The molecule has 3 nitrogen and oxygen atoms in total. The number of nitrogens with zero attached hydrogens (tertiary/aromatic N) is 2. The van der Waals surface area contributed by atoms with Crippen molar-refractivity contribution in [3.05, 3.63) is 35.6 Å². The molecule has 0 N–H and O–H groups in total. The highest BCUT2D eigenvalue weighted by Gasteiger charge is 2.21. The van der Waals surface area contributed by atoms with Crippen LogP contribution in [0.25, 0.3) is 0 Å². The van der Waals surface area contributed by atoms with E-state index in [9.17, 15) is 9.18 Å². The van der Waals surface area contributed by atoms with Crippen molar-refractivity contribution < 1.29 is 9.18 Å². The van der Waals surface area contributed by atoms with E-state index in [1.54, 1.807) is 32.3 Å². The summed E-state index contributed by atoms with van der Waals surface area (Å²) in [6, 6.07) is 8.08. The number of benzene rings is 1. The van der Waals surface area contributed by atoms with Crippen LogP contribution in [0.5, 0.6) is 0 Å². The first-order chi connectivity index (χ1) is 7.56. The summed E-state index contributed by atoms with van der Waals surface area (Å²) in [4.78, 5) is 12.9. The second kappa shape index (κ2) is 5.26. The van der Waals surface area contributed by atoms with Crippen molar-refractivity contribution in [2.45, 2.75) is 6.42 Å². The zero-order chi connectivity index (χ0) is 12.1. The Morgan fingerprint density at radius 3 is 2.62 bits per heavy atom. The van der Waals surface area contributed by atoms with Gasteiger partial charge >= 0.3 is 0 Å². The summed E-state index contributed by atoms with van der Waals surface area (Å²) in [6.45, 7) is 0. The number of amides is 1. The standard InChI is InChI=1S/C12H13FN2O/c1-15(2)12(16)10(8-14)7-9-5-3-4-6-11(9)13/h3-6,10H,7H2,1-2H3. The van der Waals surface area contributed by atoms with Gasteiger partial charge in [0.25, 0.3) is 0 Å². The van der Waals surface area contributed by atoms with Crippen LogP contribution in [0.1, 0.15) is 5.56 Å². The van der Waals surface area contributed by atoms with Crippen molar-refractivity contribution in [3.63, 3.8) is 0 Å². The summed E-state index contributed by atoms with van der Waals surface area (Å²) >= 11 is 0. The molecule has 0 radical (unpaired) electrons. The molecule has 0 saturated carbocycles. The molecule has 84 valence electrons. The second-order valence-electron chi connectivity index (χ2n) is 3.71. The summed E-state index contributed by atoms with van der Waals surface area (Å²) in [6.07, 6.45) is 0.111. The van der Waals surface area contributed by atoms with Crippen molar-refractivity contribution in [1.29, 1.82) is 5.26 Å². The van der Waals surface area contributed by atoms with Crippen molar-refractivity contribution in [2.75, 3.05) is 14.1 Å². The van der Waals surface area contributed by atoms with Gasteiger partial charge in [0.05, 0.1) is 6.07 Å². The van der Waals surface area contributed by atoms with Gasteiger partial charge in [-0.1, -0.05) is 18.2 Å². The minimum atomic E-state index is -0.827. The second-order valence-corrected chi connectivity index (χ2v) is 3.71. The third-order valence-corrected chi connectivity index (χ3v) is 2.28. The molecule has 1 unspecified atom stereocenters. The van der Waals surface area contributed by atoms with Gasteiger partial charge in [-0.25, -0.2) is 4.39 Å². The van der Waals surface area contributed by atoms with Crippen molar-refractivity contribution in [1.82, 2.24) is 4.90 Å². The predicted octanol–water partition coefficient (Wildman–Crippen LogP) is 1.60. The van der Waals surface area contributed by atoms with E-state index in [2.05, 4.69) is 0 Å². The lowest BCUT2D eigenvalue weighted by Crippen LogP contribution is -2.30. The van der Waals surface area contributed by atoms with Gasteiger partial charge in [0.15, 0.2) is 0 Å². The summed E-state index contributed by atoms with van der Waals surface area (Å²) in [5, 5.41) is 8.88. The maximum Gasteiger partial charge on any atom is 0.239 e. The molecule has 0 aliphatic heterocycles. The number of halogens is 1. The van der Waals surface area contributed by atoms with Gasteiger partial charge in [0.1, 0.15) is 11.7 Å². The first-order valence-electron chi connectivity index (χ1n) is 4.90. The predicted molar refractivity (Wildman–Crippen MR) is 57.9 cm³/mol. The van der Waals surface area contributed by atoms with Crippen LogP contribution < -0.4 is 0 Å². The molecule has 0 bridgehead atoms. The van der Waals surface area contributed by atoms with Crippen LogP contribution in [-0.2, 0) is 11.2 Å². The lowest BCUT2D eigenvalue weighted by atomic mass is 9.99. The number of nitriles is 1. The number of rotatable bonds is 3. The lowest BCUT2D eigenvalue weighted by molar-refractivity contribution is -0.131. The minimum Gasteiger partial charge on any atom is -0.348 e. The Bertz CT molecular complexity index is 423. The zero-order valence-electron chi connectivity index (χ0n) is 9.27. The van der Waals surface area contributed by atoms with Crippen LogP contribution in [-0.4, -0.2) is 24.9 Å². The first-order valence-corrected chi connectivity index (χ1v) is 4.90. The first kappa shape index (κ1) is 12.2. The van der Waals surface area contributed by atoms with E-state index >= 15 is 0 Å². The Labute approximate surface area is 94.1 Å². The summed E-state index contributed by atoms with van der Waals surface area (Å²) < 4.78 is 13.3. The molecule has 1 aromatic rings. The van der Waals surface area contributed by atoms with Crippen LogP contribution in [0.15, 0.2) is 24.3 Å². The molecule has 0 spiro atoms. The van der Waals surface area contributed by atoms with Gasteiger partial charge in [-0.05, 0) is 11.6 Å².